The second-order valence-corrected chi connectivity index (χ2v) is 8.05. The van der Waals surface area contributed by atoms with E-state index in [0.29, 0.717) is 24.2 Å². The van der Waals surface area contributed by atoms with E-state index in [2.05, 4.69) is 31.4 Å². The molecule has 0 saturated carbocycles. The maximum absolute atomic E-state index is 12.4. The van der Waals surface area contributed by atoms with Crippen molar-refractivity contribution in [1.82, 2.24) is 10.6 Å². The van der Waals surface area contributed by atoms with Gasteiger partial charge in [0.1, 0.15) is 0 Å². The fourth-order valence-electron chi connectivity index (χ4n) is 1.98. The van der Waals surface area contributed by atoms with Crippen LogP contribution in [0.5, 0.6) is 0 Å². The van der Waals surface area contributed by atoms with E-state index in [1.165, 1.54) is 0 Å². The predicted molar refractivity (Wildman–Crippen MR) is 105 cm³/mol. The predicted octanol–water partition coefficient (Wildman–Crippen LogP) is 2.99. The molecule has 1 aromatic rings. The number of carbonyl (C=O) groups excluding carboxylic acids is 2. The Kier molecular flexibility index (Phi) is 8.62. The Morgan fingerprint density at radius 2 is 1.44 bits per heavy atom. The van der Waals surface area contributed by atoms with Crippen LogP contribution >= 0.6 is 12.4 Å². The van der Waals surface area contributed by atoms with Crippen LogP contribution in [0.1, 0.15) is 62.3 Å². The summed E-state index contributed by atoms with van der Waals surface area (Å²) in [7, 11) is 0. The summed E-state index contributed by atoms with van der Waals surface area (Å²) in [6.45, 7) is 13.1. The van der Waals surface area contributed by atoms with E-state index in [1.807, 2.05) is 20.8 Å². The highest BCUT2D eigenvalue weighted by Crippen LogP contribution is 2.16. The fourth-order valence-corrected chi connectivity index (χ4v) is 1.98. The zero-order valence-electron chi connectivity index (χ0n) is 16.1. The molecule has 0 aliphatic carbocycles. The lowest BCUT2D eigenvalue weighted by atomic mass is 9.88. The van der Waals surface area contributed by atoms with E-state index < -0.39 is 5.54 Å². The molecule has 0 fully saturated rings. The van der Waals surface area contributed by atoms with Crippen molar-refractivity contribution in [2.24, 2.45) is 17.1 Å². The first-order chi connectivity index (χ1) is 11.0. The molecule has 1 unspecified atom stereocenters. The van der Waals surface area contributed by atoms with E-state index in [0.717, 1.165) is 0 Å². The number of rotatable bonds is 6. The lowest BCUT2D eigenvalue weighted by molar-refractivity contribution is 0.0881. The maximum Gasteiger partial charge on any atom is 0.251 e. The summed E-state index contributed by atoms with van der Waals surface area (Å²) in [5.41, 5.74) is 6.43. The molecule has 25 heavy (non-hydrogen) atoms. The van der Waals surface area contributed by atoms with Gasteiger partial charge in [-0.1, -0.05) is 34.6 Å². The third-order valence-corrected chi connectivity index (χ3v) is 4.29. The minimum Gasteiger partial charge on any atom is -0.352 e. The first-order valence-electron chi connectivity index (χ1n) is 8.39. The molecule has 6 heteroatoms. The lowest BCUT2D eigenvalue weighted by Gasteiger charge is -2.33. The molecule has 2 amide bonds. The van der Waals surface area contributed by atoms with E-state index in [1.54, 1.807) is 24.3 Å². The van der Waals surface area contributed by atoms with Crippen molar-refractivity contribution >= 4 is 24.2 Å². The van der Waals surface area contributed by atoms with Crippen LogP contribution in [0, 0.1) is 11.3 Å². The van der Waals surface area contributed by atoms with Crippen LogP contribution < -0.4 is 16.4 Å². The Balaban J connectivity index is 0.00000576. The number of hydrogen-bond donors (Lipinski definition) is 3. The normalized spacial score (nSPS) is 13.6. The van der Waals surface area contributed by atoms with Crippen molar-refractivity contribution in [2.45, 2.75) is 47.1 Å². The number of halogens is 1. The van der Waals surface area contributed by atoms with E-state index in [9.17, 15) is 9.59 Å². The third kappa shape index (κ3) is 7.04. The number of carbonyl (C=O) groups is 2. The molecule has 0 spiro atoms. The second-order valence-electron chi connectivity index (χ2n) is 8.05. The van der Waals surface area contributed by atoms with E-state index in [4.69, 9.17) is 5.73 Å². The summed E-state index contributed by atoms with van der Waals surface area (Å²) in [5.74, 6) is -0.0990. The highest BCUT2D eigenvalue weighted by Gasteiger charge is 2.28. The quantitative estimate of drug-likeness (QED) is 0.720. The Hall–Kier alpha value is -1.59. The topological polar surface area (TPSA) is 84.2 Å². The van der Waals surface area contributed by atoms with Gasteiger partial charge in [0.15, 0.2) is 0 Å². The molecule has 1 rings (SSSR count). The molecule has 0 saturated heterocycles. The largest absolute Gasteiger partial charge is 0.352 e. The van der Waals surface area contributed by atoms with Crippen LogP contribution in [0.25, 0.3) is 0 Å². The van der Waals surface area contributed by atoms with Crippen molar-refractivity contribution in [3.05, 3.63) is 35.4 Å². The van der Waals surface area contributed by atoms with Gasteiger partial charge in [-0.2, -0.15) is 0 Å². The van der Waals surface area contributed by atoms with Crippen molar-refractivity contribution < 1.29 is 9.59 Å². The maximum atomic E-state index is 12.4. The molecule has 1 atom stereocenters. The van der Waals surface area contributed by atoms with Gasteiger partial charge < -0.3 is 16.4 Å². The fraction of sp³-hybridized carbons (Fsp3) is 0.579. The molecular formula is C19H32ClN3O2. The second kappa shape index (κ2) is 9.20. The van der Waals surface area contributed by atoms with Crippen molar-refractivity contribution in [2.75, 3.05) is 13.1 Å². The van der Waals surface area contributed by atoms with Gasteiger partial charge in [0.2, 0.25) is 0 Å². The number of hydrogen-bond acceptors (Lipinski definition) is 3. The highest BCUT2D eigenvalue weighted by atomic mass is 35.5. The van der Waals surface area contributed by atoms with Crippen LogP contribution in [0.4, 0.5) is 0 Å². The number of nitrogens with one attached hydrogen (secondary N) is 2. The zero-order valence-corrected chi connectivity index (χ0v) is 16.9. The molecule has 0 radical (unpaired) electrons. The van der Waals surface area contributed by atoms with Crippen molar-refractivity contribution in [3.63, 3.8) is 0 Å². The number of amides is 2. The summed E-state index contributed by atoms with van der Waals surface area (Å²) >= 11 is 0. The summed E-state index contributed by atoms with van der Waals surface area (Å²) in [6.07, 6.45) is 0. The van der Waals surface area contributed by atoms with Crippen molar-refractivity contribution in [1.29, 1.82) is 0 Å². The van der Waals surface area contributed by atoms with Gasteiger partial charge in [-0.3, -0.25) is 9.59 Å². The average Bonchev–Trinajstić information content (AvgIpc) is 2.51. The van der Waals surface area contributed by atoms with E-state index >= 15 is 0 Å². The van der Waals surface area contributed by atoms with Crippen molar-refractivity contribution in [3.8, 4) is 0 Å². The minimum atomic E-state index is -0.458. The summed E-state index contributed by atoms with van der Waals surface area (Å²) in [6, 6.07) is 6.67. The zero-order chi connectivity index (χ0) is 18.5. The van der Waals surface area contributed by atoms with E-state index in [-0.39, 0.29) is 35.6 Å². The van der Waals surface area contributed by atoms with Gasteiger partial charge in [0.25, 0.3) is 11.8 Å². The van der Waals surface area contributed by atoms with Gasteiger partial charge in [0, 0.05) is 24.2 Å². The lowest BCUT2D eigenvalue weighted by Crippen LogP contribution is -2.55. The van der Waals surface area contributed by atoms with Crippen LogP contribution in [-0.2, 0) is 0 Å². The SMILES string of the molecule is CC(C)C(C)(CN)NC(=O)c1ccc(C(=O)NCC(C)(C)C)cc1.Cl. The average molecular weight is 370 g/mol. The van der Waals surface area contributed by atoms with Gasteiger partial charge in [0.05, 0.1) is 5.54 Å². The molecule has 0 aliphatic rings. The molecule has 5 nitrogen and oxygen atoms in total. The third-order valence-electron chi connectivity index (χ3n) is 4.29. The molecule has 142 valence electrons. The molecule has 1 aromatic carbocycles. The van der Waals surface area contributed by atoms with Gasteiger partial charge in [-0.15, -0.1) is 12.4 Å². The molecule has 4 N–H and O–H groups in total. The molecule has 0 bridgehead atoms. The number of benzene rings is 1. The van der Waals surface area contributed by atoms with Crippen LogP contribution in [0.2, 0.25) is 0 Å². The van der Waals surface area contributed by atoms with Gasteiger partial charge >= 0.3 is 0 Å². The Morgan fingerprint density at radius 3 is 1.80 bits per heavy atom. The first kappa shape index (κ1) is 23.4. The highest BCUT2D eigenvalue weighted by molar-refractivity contribution is 5.98. The Bertz CT molecular complexity index is 579. The van der Waals surface area contributed by atoms with Crippen LogP contribution in [0.15, 0.2) is 24.3 Å². The minimum absolute atomic E-state index is 0. The molecule has 0 aliphatic heterocycles. The summed E-state index contributed by atoms with van der Waals surface area (Å²) < 4.78 is 0. The molecule has 0 heterocycles. The monoisotopic (exact) mass is 369 g/mol. The molecular weight excluding hydrogens is 338 g/mol. The van der Waals surface area contributed by atoms with Gasteiger partial charge in [-0.25, -0.2) is 0 Å². The van der Waals surface area contributed by atoms with Crippen LogP contribution in [0.3, 0.4) is 0 Å². The molecule has 0 aromatic heterocycles. The number of nitrogens with two attached hydrogens (primary N) is 1. The standard InChI is InChI=1S/C19H31N3O2.ClH/c1-13(2)19(6,11-20)22-17(24)15-9-7-14(8-10-15)16(23)21-12-18(3,4)5;/h7-10,13H,11-12,20H2,1-6H3,(H,21,23)(H,22,24);1H. The van der Waals surface area contributed by atoms with Gasteiger partial charge in [-0.05, 0) is 42.5 Å². The van der Waals surface area contributed by atoms with Crippen LogP contribution in [-0.4, -0.2) is 30.4 Å². The Labute approximate surface area is 157 Å². The summed E-state index contributed by atoms with van der Waals surface area (Å²) in [5, 5.41) is 5.88. The smallest absolute Gasteiger partial charge is 0.251 e. The Morgan fingerprint density at radius 1 is 1.00 bits per heavy atom. The first-order valence-corrected chi connectivity index (χ1v) is 8.39. The summed E-state index contributed by atoms with van der Waals surface area (Å²) in [4.78, 5) is 24.5.